The van der Waals surface area contributed by atoms with E-state index in [9.17, 15) is 14.4 Å². The number of hydrogen-bond acceptors (Lipinski definition) is 14. The van der Waals surface area contributed by atoms with Crippen molar-refractivity contribution < 1.29 is 43.2 Å². The number of nitrogens with zero attached hydrogens (tertiary/aromatic N) is 6. The van der Waals surface area contributed by atoms with E-state index in [0.29, 0.717) is 123 Å². The second kappa shape index (κ2) is 22.2. The molecule has 1 aliphatic rings. The van der Waals surface area contributed by atoms with Gasteiger partial charge in [0.1, 0.15) is 12.4 Å². The molecule has 17 heteroatoms. The highest BCUT2D eigenvalue weighted by Crippen LogP contribution is 2.18. The van der Waals surface area contributed by atoms with Gasteiger partial charge in [-0.1, -0.05) is 0 Å². The highest BCUT2D eigenvalue weighted by Gasteiger charge is 2.21. The number of ether oxygens (including phenoxy) is 5. The Bertz CT molecular complexity index is 1200. The van der Waals surface area contributed by atoms with Crippen LogP contribution >= 0.6 is 12.6 Å². The minimum atomic E-state index is -1.06. The Hall–Kier alpha value is -3.48. The zero-order chi connectivity index (χ0) is 33.7. The smallest absolute Gasteiger partial charge is 0.304 e. The SMILES string of the molecule is Cc1nnc(-c2ccc(OCCOCCOCCOCCOCCC(=O)N3CCN(CCNC(=O)C(S)CC(=O)O)CC3)cc2)nn1. The van der Waals surface area contributed by atoms with Gasteiger partial charge in [-0.25, -0.2) is 0 Å². The van der Waals surface area contributed by atoms with E-state index in [1.54, 1.807) is 6.92 Å². The van der Waals surface area contributed by atoms with Gasteiger partial charge < -0.3 is 39.0 Å². The fourth-order valence-electron chi connectivity index (χ4n) is 4.33. The number of nitrogens with one attached hydrogen (secondary N) is 1. The van der Waals surface area contributed by atoms with Crippen LogP contribution in [0.4, 0.5) is 0 Å². The molecule has 2 N–H and O–H groups in total. The topological polar surface area (TPSA) is 188 Å². The van der Waals surface area contributed by atoms with Gasteiger partial charge in [-0.15, -0.1) is 20.4 Å². The van der Waals surface area contributed by atoms with Crippen molar-refractivity contribution in [2.45, 2.75) is 25.0 Å². The standard InChI is InChI=1S/C30H45N7O9S/c1-23-32-34-29(35-33-23)24-2-4-25(5-3-24)46-21-20-45-19-18-44-17-16-43-15-14-42-13-6-27(38)37-11-9-36(10-12-37)8-7-31-30(41)26(47)22-28(39)40/h2-5,26,47H,6-22H2,1H3,(H,31,41)(H,39,40). The van der Waals surface area contributed by atoms with E-state index in [1.807, 2.05) is 29.2 Å². The summed E-state index contributed by atoms with van der Waals surface area (Å²) in [5.41, 5.74) is 0.807. The lowest BCUT2D eigenvalue weighted by atomic mass is 10.2. The number of carbonyl (C=O) groups excluding carboxylic acids is 2. The molecule has 0 radical (unpaired) electrons. The summed E-state index contributed by atoms with van der Waals surface area (Å²) in [4.78, 5) is 38.9. The fraction of sp³-hybridized carbons (Fsp3) is 0.633. The van der Waals surface area contributed by atoms with Crippen molar-refractivity contribution in [1.82, 2.24) is 35.5 Å². The zero-order valence-electron chi connectivity index (χ0n) is 26.8. The van der Waals surface area contributed by atoms with Crippen molar-refractivity contribution in [2.75, 3.05) is 98.7 Å². The van der Waals surface area contributed by atoms with E-state index in [2.05, 4.69) is 43.2 Å². The molecule has 260 valence electrons. The minimum Gasteiger partial charge on any atom is -0.491 e. The quantitative estimate of drug-likeness (QED) is 0.106. The van der Waals surface area contributed by atoms with E-state index in [-0.39, 0.29) is 12.3 Å². The van der Waals surface area contributed by atoms with Gasteiger partial charge in [0.25, 0.3) is 0 Å². The van der Waals surface area contributed by atoms with Gasteiger partial charge in [0.05, 0.1) is 70.9 Å². The molecule has 1 fully saturated rings. The number of amides is 2. The van der Waals surface area contributed by atoms with Crippen LogP contribution in [0.1, 0.15) is 18.7 Å². The number of carboxylic acids is 1. The Morgan fingerprint density at radius 2 is 1.38 bits per heavy atom. The molecule has 1 aromatic heterocycles. The Kier molecular flexibility index (Phi) is 17.9. The summed E-state index contributed by atoms with van der Waals surface area (Å²) in [6.45, 7) is 9.15. The van der Waals surface area contributed by atoms with Crippen LogP contribution in [0.25, 0.3) is 11.4 Å². The lowest BCUT2D eigenvalue weighted by molar-refractivity contribution is -0.138. The van der Waals surface area contributed by atoms with Gasteiger partial charge >= 0.3 is 5.97 Å². The van der Waals surface area contributed by atoms with Crippen molar-refractivity contribution >= 4 is 30.4 Å². The van der Waals surface area contributed by atoms with Crippen LogP contribution < -0.4 is 10.1 Å². The molecule has 1 aromatic carbocycles. The molecule has 0 aliphatic carbocycles. The van der Waals surface area contributed by atoms with Gasteiger partial charge in [-0.2, -0.15) is 12.6 Å². The molecule has 0 bridgehead atoms. The molecule has 16 nitrogen and oxygen atoms in total. The van der Waals surface area contributed by atoms with E-state index in [1.165, 1.54) is 0 Å². The summed E-state index contributed by atoms with van der Waals surface area (Å²) in [6, 6.07) is 7.37. The second-order valence-electron chi connectivity index (χ2n) is 10.5. The summed E-state index contributed by atoms with van der Waals surface area (Å²) < 4.78 is 27.7. The number of carboxylic acid groups (broad SMARTS) is 1. The molecular formula is C30H45N7O9S. The molecule has 3 rings (SSSR count). The number of piperazine rings is 1. The van der Waals surface area contributed by atoms with Crippen LogP contribution in [0.15, 0.2) is 24.3 Å². The van der Waals surface area contributed by atoms with Crippen molar-refractivity contribution in [3.8, 4) is 17.1 Å². The number of rotatable bonds is 23. The van der Waals surface area contributed by atoms with Crippen LogP contribution in [0.3, 0.4) is 0 Å². The predicted octanol–water partition coefficient (Wildman–Crippen LogP) is 0.111. The second-order valence-corrected chi connectivity index (χ2v) is 11.1. The number of aliphatic carboxylic acids is 1. The average molecular weight is 680 g/mol. The van der Waals surface area contributed by atoms with E-state index >= 15 is 0 Å². The number of carbonyl (C=O) groups is 3. The van der Waals surface area contributed by atoms with Crippen molar-refractivity contribution in [3.05, 3.63) is 30.1 Å². The van der Waals surface area contributed by atoms with Crippen LogP contribution in [0.5, 0.6) is 5.75 Å². The van der Waals surface area contributed by atoms with Gasteiger partial charge in [0.15, 0.2) is 5.82 Å². The lowest BCUT2D eigenvalue weighted by Gasteiger charge is -2.34. The first kappa shape index (κ1) is 38.0. The van der Waals surface area contributed by atoms with Crippen molar-refractivity contribution in [3.63, 3.8) is 0 Å². The maximum absolute atomic E-state index is 12.5. The molecule has 1 atom stereocenters. The van der Waals surface area contributed by atoms with Gasteiger partial charge in [-0.3, -0.25) is 19.3 Å². The molecule has 47 heavy (non-hydrogen) atoms. The minimum absolute atomic E-state index is 0.0478. The summed E-state index contributed by atoms with van der Waals surface area (Å²) in [6.07, 6.45) is -0.0120. The fourth-order valence-corrected chi connectivity index (χ4v) is 4.57. The molecule has 0 spiro atoms. The number of hydrogen-bond donors (Lipinski definition) is 3. The summed E-state index contributed by atoms with van der Waals surface area (Å²) in [7, 11) is 0. The molecule has 2 aromatic rings. The highest BCUT2D eigenvalue weighted by atomic mass is 32.1. The summed E-state index contributed by atoms with van der Waals surface area (Å²) in [5.74, 6) is 0.285. The third kappa shape index (κ3) is 15.8. The number of benzene rings is 1. The molecule has 1 aliphatic heterocycles. The average Bonchev–Trinajstić information content (AvgIpc) is 3.07. The summed E-state index contributed by atoms with van der Waals surface area (Å²) in [5, 5.41) is 26.4. The van der Waals surface area contributed by atoms with Gasteiger partial charge in [-0.05, 0) is 31.2 Å². The molecule has 2 heterocycles. The molecular weight excluding hydrogens is 634 g/mol. The molecule has 1 unspecified atom stereocenters. The van der Waals surface area contributed by atoms with E-state index in [0.717, 1.165) is 5.56 Å². The van der Waals surface area contributed by atoms with E-state index < -0.39 is 17.1 Å². The predicted molar refractivity (Wildman–Crippen MR) is 172 cm³/mol. The van der Waals surface area contributed by atoms with E-state index in [4.69, 9.17) is 28.8 Å². The Morgan fingerprint density at radius 3 is 1.96 bits per heavy atom. The van der Waals surface area contributed by atoms with Crippen LogP contribution in [0, 0.1) is 6.92 Å². The third-order valence-corrected chi connectivity index (χ3v) is 7.30. The van der Waals surface area contributed by atoms with Crippen LogP contribution in [0.2, 0.25) is 0 Å². The molecule has 1 saturated heterocycles. The summed E-state index contributed by atoms with van der Waals surface area (Å²) >= 11 is 4.01. The van der Waals surface area contributed by atoms with Crippen molar-refractivity contribution in [2.24, 2.45) is 0 Å². The molecule has 0 saturated carbocycles. The number of thiol groups is 1. The first-order chi connectivity index (χ1) is 22.8. The van der Waals surface area contributed by atoms with Gasteiger partial charge in [0, 0.05) is 44.8 Å². The maximum Gasteiger partial charge on any atom is 0.304 e. The third-order valence-electron chi connectivity index (χ3n) is 6.89. The number of aromatic nitrogens is 4. The normalized spacial score (nSPS) is 14.1. The Balaban J connectivity index is 1.06. The Labute approximate surface area is 279 Å². The first-order valence-electron chi connectivity index (χ1n) is 15.6. The van der Waals surface area contributed by atoms with Crippen molar-refractivity contribution in [1.29, 1.82) is 0 Å². The first-order valence-corrected chi connectivity index (χ1v) is 16.1. The zero-order valence-corrected chi connectivity index (χ0v) is 27.6. The Morgan fingerprint density at radius 1 is 0.830 bits per heavy atom. The number of aryl methyl sites for hydroxylation is 1. The largest absolute Gasteiger partial charge is 0.491 e. The highest BCUT2D eigenvalue weighted by molar-refractivity contribution is 7.81. The van der Waals surface area contributed by atoms with Gasteiger partial charge in [0.2, 0.25) is 17.6 Å². The lowest BCUT2D eigenvalue weighted by Crippen LogP contribution is -2.50. The maximum atomic E-state index is 12.5. The van der Waals surface area contributed by atoms with Crippen LogP contribution in [-0.2, 0) is 33.3 Å². The monoisotopic (exact) mass is 679 g/mol. The molecule has 2 amide bonds. The van der Waals surface area contributed by atoms with Crippen LogP contribution in [-0.4, -0.2) is 157 Å².